The van der Waals surface area contributed by atoms with Crippen LogP contribution < -0.4 is 0 Å². The average molecular weight is 202 g/mol. The standard InChI is InChI=1S/C15H22/c1-10-7-8-15-11(2)5-6-12(9-13(10)15)14(15,3)4/h7-8,11-12H,5-6,9H2,1-4H3/t11-,12-,15+/m1/s1. The van der Waals surface area contributed by atoms with Gasteiger partial charge >= 0.3 is 0 Å². The molecule has 0 saturated heterocycles. The zero-order chi connectivity index (χ0) is 10.8. The molecule has 3 aliphatic carbocycles. The second kappa shape index (κ2) is 2.59. The first-order valence-corrected chi connectivity index (χ1v) is 6.39. The molecule has 2 saturated carbocycles. The average Bonchev–Trinajstić information content (AvgIpc) is 2.53. The maximum absolute atomic E-state index is 2.54. The van der Waals surface area contributed by atoms with Crippen molar-refractivity contribution < 1.29 is 0 Å². The van der Waals surface area contributed by atoms with Crippen LogP contribution in [0.4, 0.5) is 0 Å². The van der Waals surface area contributed by atoms with Gasteiger partial charge in [0.1, 0.15) is 0 Å². The molecule has 0 nitrogen and oxygen atoms in total. The Hall–Kier alpha value is -0.520. The van der Waals surface area contributed by atoms with Gasteiger partial charge in [-0.1, -0.05) is 44.1 Å². The summed E-state index contributed by atoms with van der Waals surface area (Å²) in [6, 6.07) is 0. The molecule has 0 radical (unpaired) electrons. The van der Waals surface area contributed by atoms with Gasteiger partial charge in [-0.15, -0.1) is 0 Å². The van der Waals surface area contributed by atoms with Crippen molar-refractivity contribution in [1.29, 1.82) is 0 Å². The fourth-order valence-electron chi connectivity index (χ4n) is 4.80. The first-order valence-electron chi connectivity index (χ1n) is 6.39. The van der Waals surface area contributed by atoms with Crippen LogP contribution in [0.5, 0.6) is 0 Å². The van der Waals surface area contributed by atoms with Gasteiger partial charge in [0.05, 0.1) is 0 Å². The number of rotatable bonds is 0. The molecular weight excluding hydrogens is 180 g/mol. The van der Waals surface area contributed by atoms with E-state index in [1.807, 2.05) is 0 Å². The van der Waals surface area contributed by atoms with E-state index < -0.39 is 0 Å². The predicted molar refractivity (Wildman–Crippen MR) is 64.6 cm³/mol. The molecule has 0 N–H and O–H groups in total. The molecule has 0 aromatic carbocycles. The Kier molecular flexibility index (Phi) is 1.67. The van der Waals surface area contributed by atoms with E-state index in [2.05, 4.69) is 39.8 Å². The highest BCUT2D eigenvalue weighted by Crippen LogP contribution is 2.70. The van der Waals surface area contributed by atoms with Crippen LogP contribution in [0.15, 0.2) is 23.3 Å². The van der Waals surface area contributed by atoms with Crippen LogP contribution in [0, 0.1) is 22.7 Å². The summed E-state index contributed by atoms with van der Waals surface area (Å²) in [5.41, 5.74) is 4.27. The summed E-state index contributed by atoms with van der Waals surface area (Å²) in [6.45, 7) is 9.78. The lowest BCUT2D eigenvalue weighted by molar-refractivity contribution is 0.0327. The Balaban J connectivity index is 2.24. The fraction of sp³-hybridized carbons (Fsp3) is 0.733. The number of hydrogen-bond acceptors (Lipinski definition) is 0. The molecule has 2 fully saturated rings. The largest absolute Gasteiger partial charge is 0.0732 e. The lowest BCUT2D eigenvalue weighted by Crippen LogP contribution is -2.43. The van der Waals surface area contributed by atoms with Crippen LogP contribution in [0.3, 0.4) is 0 Å². The molecular formula is C15H22. The molecule has 0 aromatic heterocycles. The second-order valence-electron chi connectivity index (χ2n) is 6.47. The zero-order valence-corrected chi connectivity index (χ0v) is 10.4. The van der Waals surface area contributed by atoms with E-state index in [0.29, 0.717) is 10.8 Å². The third-order valence-corrected chi connectivity index (χ3v) is 5.83. The summed E-state index contributed by atoms with van der Waals surface area (Å²) < 4.78 is 0. The normalized spacial score (nSPS) is 46.1. The minimum atomic E-state index is 0.431. The van der Waals surface area contributed by atoms with Crippen molar-refractivity contribution in [2.75, 3.05) is 0 Å². The smallest absolute Gasteiger partial charge is 0.0179 e. The molecule has 0 unspecified atom stereocenters. The molecule has 0 aliphatic heterocycles. The lowest BCUT2D eigenvalue weighted by Gasteiger charge is -2.50. The van der Waals surface area contributed by atoms with Crippen molar-refractivity contribution in [3.05, 3.63) is 23.3 Å². The van der Waals surface area contributed by atoms with E-state index in [1.54, 1.807) is 11.1 Å². The van der Waals surface area contributed by atoms with Crippen LogP contribution >= 0.6 is 0 Å². The molecule has 0 heteroatoms. The number of allylic oxidation sites excluding steroid dienone is 4. The van der Waals surface area contributed by atoms with Crippen LogP contribution in [0.25, 0.3) is 0 Å². The van der Waals surface area contributed by atoms with Crippen LogP contribution in [0.1, 0.15) is 47.0 Å². The SMILES string of the molecule is CC1=C2C[C@H]3CC[C@@H](C)[C@]2(C=C1)C3(C)C. The zero-order valence-electron chi connectivity index (χ0n) is 10.4. The van der Waals surface area contributed by atoms with E-state index in [9.17, 15) is 0 Å². The van der Waals surface area contributed by atoms with Crippen molar-refractivity contribution >= 4 is 0 Å². The number of hydrogen-bond donors (Lipinski definition) is 0. The highest BCUT2D eigenvalue weighted by Gasteiger charge is 2.61. The van der Waals surface area contributed by atoms with Crippen molar-refractivity contribution in [3.8, 4) is 0 Å². The van der Waals surface area contributed by atoms with E-state index >= 15 is 0 Å². The van der Waals surface area contributed by atoms with Gasteiger partial charge in [0.15, 0.2) is 0 Å². The molecule has 15 heavy (non-hydrogen) atoms. The third kappa shape index (κ3) is 0.859. The quantitative estimate of drug-likeness (QED) is 0.548. The molecule has 1 spiro atoms. The minimum Gasteiger partial charge on any atom is -0.0732 e. The van der Waals surface area contributed by atoms with Crippen LogP contribution in [-0.4, -0.2) is 0 Å². The fourth-order valence-corrected chi connectivity index (χ4v) is 4.80. The highest BCUT2D eigenvalue weighted by atomic mass is 14.7. The maximum atomic E-state index is 2.54. The summed E-state index contributed by atoms with van der Waals surface area (Å²) in [5, 5.41) is 0. The van der Waals surface area contributed by atoms with Gasteiger partial charge in [-0.2, -0.15) is 0 Å². The van der Waals surface area contributed by atoms with Gasteiger partial charge < -0.3 is 0 Å². The molecule has 0 aromatic rings. The van der Waals surface area contributed by atoms with Crippen LogP contribution in [0.2, 0.25) is 0 Å². The van der Waals surface area contributed by atoms with E-state index in [1.165, 1.54) is 19.3 Å². The first kappa shape index (κ1) is 9.69. The minimum absolute atomic E-state index is 0.431. The Morgan fingerprint density at radius 3 is 2.73 bits per heavy atom. The van der Waals surface area contributed by atoms with Gasteiger partial charge in [-0.3, -0.25) is 0 Å². The summed E-state index contributed by atoms with van der Waals surface area (Å²) in [7, 11) is 0. The molecule has 0 heterocycles. The van der Waals surface area contributed by atoms with E-state index in [4.69, 9.17) is 0 Å². The molecule has 0 amide bonds. The predicted octanol–water partition coefficient (Wildman–Crippen LogP) is 4.34. The highest BCUT2D eigenvalue weighted by molar-refractivity contribution is 5.47. The van der Waals surface area contributed by atoms with Crippen LogP contribution in [-0.2, 0) is 0 Å². The molecule has 82 valence electrons. The van der Waals surface area contributed by atoms with Gasteiger partial charge in [0.25, 0.3) is 0 Å². The molecule has 3 rings (SSSR count). The van der Waals surface area contributed by atoms with Gasteiger partial charge in [-0.05, 0) is 43.4 Å². The molecule has 2 bridgehead atoms. The van der Waals surface area contributed by atoms with Gasteiger partial charge in [0, 0.05) is 5.41 Å². The van der Waals surface area contributed by atoms with Crippen molar-refractivity contribution in [1.82, 2.24) is 0 Å². The summed E-state index contributed by atoms with van der Waals surface area (Å²) in [6.07, 6.45) is 9.17. The van der Waals surface area contributed by atoms with E-state index in [0.717, 1.165) is 11.8 Å². The monoisotopic (exact) mass is 202 g/mol. The first-order chi connectivity index (χ1) is 7.00. The van der Waals surface area contributed by atoms with E-state index in [-0.39, 0.29) is 0 Å². The molecule has 3 aliphatic rings. The van der Waals surface area contributed by atoms with Crippen molar-refractivity contribution in [2.24, 2.45) is 22.7 Å². The summed E-state index contributed by atoms with van der Waals surface area (Å²) in [5.74, 6) is 1.78. The summed E-state index contributed by atoms with van der Waals surface area (Å²) in [4.78, 5) is 0. The van der Waals surface area contributed by atoms with Gasteiger partial charge in [0.2, 0.25) is 0 Å². The maximum Gasteiger partial charge on any atom is 0.0179 e. The Bertz CT molecular complexity index is 369. The van der Waals surface area contributed by atoms with Gasteiger partial charge in [-0.25, -0.2) is 0 Å². The summed E-state index contributed by atoms with van der Waals surface area (Å²) >= 11 is 0. The second-order valence-corrected chi connectivity index (χ2v) is 6.47. The molecule has 3 atom stereocenters. The topological polar surface area (TPSA) is 0 Å². The van der Waals surface area contributed by atoms with Crippen molar-refractivity contribution in [2.45, 2.75) is 47.0 Å². The Labute approximate surface area is 93.5 Å². The Morgan fingerprint density at radius 2 is 2.00 bits per heavy atom. The number of fused-ring (bicyclic) bond motifs is 1. The third-order valence-electron chi connectivity index (χ3n) is 5.83. The Morgan fingerprint density at radius 1 is 1.27 bits per heavy atom. The van der Waals surface area contributed by atoms with Crippen molar-refractivity contribution in [3.63, 3.8) is 0 Å². The lowest BCUT2D eigenvalue weighted by atomic mass is 9.54.